The molecule has 0 spiro atoms. The van der Waals surface area contributed by atoms with Crippen LogP contribution in [-0.2, 0) is 19.7 Å². The maximum atomic E-state index is 13.1. The van der Waals surface area contributed by atoms with E-state index in [1.54, 1.807) is 30.9 Å². The number of piperidine rings is 1. The molecule has 0 aliphatic carbocycles. The number of esters is 1. The summed E-state index contributed by atoms with van der Waals surface area (Å²) in [5.74, 6) is -1.15. The van der Waals surface area contributed by atoms with E-state index in [0.717, 1.165) is 51.0 Å². The van der Waals surface area contributed by atoms with E-state index in [1.165, 1.54) is 24.3 Å². The highest BCUT2D eigenvalue weighted by atomic mass is 16.6. The molecule has 0 bridgehead atoms. The monoisotopic (exact) mass is 622 g/mol. The molecule has 1 atom stereocenters. The van der Waals surface area contributed by atoms with Crippen molar-refractivity contribution >= 4 is 18.1 Å². The van der Waals surface area contributed by atoms with Crippen LogP contribution in [0.1, 0.15) is 61.3 Å². The molecular formula is C37H42N4O5. The van der Waals surface area contributed by atoms with Crippen LogP contribution in [0.3, 0.4) is 0 Å². The van der Waals surface area contributed by atoms with Crippen LogP contribution in [0.5, 0.6) is 0 Å². The van der Waals surface area contributed by atoms with Crippen molar-refractivity contribution in [3.63, 3.8) is 0 Å². The van der Waals surface area contributed by atoms with E-state index >= 15 is 0 Å². The Morgan fingerprint density at radius 2 is 1.61 bits per heavy atom. The van der Waals surface area contributed by atoms with Crippen molar-refractivity contribution in [3.05, 3.63) is 134 Å². The Kier molecular flexibility index (Phi) is 10.0. The Bertz CT molecular complexity index is 1600. The van der Waals surface area contributed by atoms with Crippen LogP contribution in [-0.4, -0.2) is 60.4 Å². The van der Waals surface area contributed by atoms with Crippen molar-refractivity contribution in [2.75, 3.05) is 33.3 Å². The summed E-state index contributed by atoms with van der Waals surface area (Å²) >= 11 is 0. The number of rotatable bonds is 11. The van der Waals surface area contributed by atoms with E-state index in [9.17, 15) is 19.7 Å². The lowest BCUT2D eigenvalue weighted by Gasteiger charge is -2.43. The molecule has 2 aliphatic rings. The second-order valence-corrected chi connectivity index (χ2v) is 12.2. The highest BCUT2D eigenvalue weighted by Crippen LogP contribution is 2.43. The summed E-state index contributed by atoms with van der Waals surface area (Å²) in [6.45, 7) is 8.50. The van der Waals surface area contributed by atoms with Gasteiger partial charge >= 0.3 is 5.97 Å². The first-order valence-electron chi connectivity index (χ1n) is 15.8. The van der Waals surface area contributed by atoms with Crippen LogP contribution in [0.15, 0.2) is 102 Å². The normalized spacial score (nSPS) is 18.1. The number of dihydropyridines is 1. The van der Waals surface area contributed by atoms with Gasteiger partial charge in [0.25, 0.3) is 5.69 Å². The van der Waals surface area contributed by atoms with Gasteiger partial charge in [0.1, 0.15) is 0 Å². The summed E-state index contributed by atoms with van der Waals surface area (Å²) in [5.41, 5.74) is 6.18. The van der Waals surface area contributed by atoms with Crippen molar-refractivity contribution in [3.8, 4) is 0 Å². The minimum Gasteiger partial charge on any atom is -0.466 e. The fraction of sp³-hybridized carbons (Fsp3) is 0.351. The predicted molar refractivity (Wildman–Crippen MR) is 178 cm³/mol. The minimum absolute atomic E-state index is 0.00224. The second kappa shape index (κ2) is 14.1. The maximum absolute atomic E-state index is 13.1. The first kappa shape index (κ1) is 32.6. The molecule has 9 heteroatoms. The van der Waals surface area contributed by atoms with E-state index in [2.05, 4.69) is 70.9 Å². The number of amides is 1. The molecule has 1 saturated heterocycles. The zero-order valence-corrected chi connectivity index (χ0v) is 27.0. The molecule has 46 heavy (non-hydrogen) atoms. The minimum atomic E-state index is -0.634. The lowest BCUT2D eigenvalue weighted by molar-refractivity contribution is -0.385. The predicted octanol–water partition coefficient (Wildman–Crippen LogP) is 6.20. The molecule has 2 aliphatic heterocycles. The number of nitro benzene ring substituents is 1. The van der Waals surface area contributed by atoms with E-state index in [1.807, 2.05) is 6.92 Å². The van der Waals surface area contributed by atoms with Crippen LogP contribution in [0.25, 0.3) is 0 Å². The summed E-state index contributed by atoms with van der Waals surface area (Å²) in [4.78, 5) is 41.0. The lowest BCUT2D eigenvalue weighted by Crippen LogP contribution is -2.44. The fourth-order valence-electron chi connectivity index (χ4n) is 7.24. The number of aryl methyl sites for hydroxylation is 1. The van der Waals surface area contributed by atoms with Gasteiger partial charge in [-0.25, -0.2) is 4.79 Å². The van der Waals surface area contributed by atoms with Crippen LogP contribution >= 0.6 is 0 Å². The standard InChI is InChI=1S/C37H42N4O5/c1-26-24-29(16-17-32(26)41(44)45)34-33(36(43)46-4)27(2)38-28(3)35(34)40(25-42)21-11-20-39-22-18-37(19-23-39,30-12-7-5-8-13-30)31-14-9-6-10-15-31/h5-10,12-17,24-25,34,38H,11,18-23H2,1-4H3. The van der Waals surface area contributed by atoms with Gasteiger partial charge in [0.2, 0.25) is 6.41 Å². The number of likely N-dealkylation sites (tertiary alicyclic amines) is 1. The molecule has 2 heterocycles. The number of nitrogens with zero attached hydrogens (tertiary/aromatic N) is 3. The number of nitrogens with one attached hydrogen (secondary N) is 1. The summed E-state index contributed by atoms with van der Waals surface area (Å²) in [5, 5.41) is 14.8. The zero-order valence-electron chi connectivity index (χ0n) is 27.0. The van der Waals surface area contributed by atoms with Gasteiger partial charge in [-0.3, -0.25) is 14.9 Å². The molecular weight excluding hydrogens is 580 g/mol. The molecule has 9 nitrogen and oxygen atoms in total. The van der Waals surface area contributed by atoms with Gasteiger partial charge in [0, 0.05) is 35.0 Å². The Morgan fingerprint density at radius 3 is 2.13 bits per heavy atom. The van der Waals surface area contributed by atoms with Crippen molar-refractivity contribution in [1.29, 1.82) is 0 Å². The summed E-state index contributed by atoms with van der Waals surface area (Å²) in [7, 11) is 1.33. The van der Waals surface area contributed by atoms with Gasteiger partial charge in [-0.2, -0.15) is 0 Å². The van der Waals surface area contributed by atoms with Crippen molar-refractivity contribution in [2.45, 2.75) is 51.4 Å². The highest BCUT2D eigenvalue weighted by Gasteiger charge is 2.39. The first-order chi connectivity index (χ1) is 22.2. The van der Waals surface area contributed by atoms with Gasteiger partial charge in [0.05, 0.1) is 29.2 Å². The molecule has 5 rings (SSSR count). The number of carbonyl (C=O) groups is 2. The third-order valence-electron chi connectivity index (χ3n) is 9.55. The van der Waals surface area contributed by atoms with Crippen LogP contribution in [0, 0.1) is 17.0 Å². The molecule has 1 unspecified atom stereocenters. The highest BCUT2D eigenvalue weighted by molar-refractivity contribution is 5.92. The van der Waals surface area contributed by atoms with Crippen molar-refractivity contribution < 1.29 is 19.2 Å². The number of benzene rings is 3. The molecule has 1 N–H and O–H groups in total. The third-order valence-corrected chi connectivity index (χ3v) is 9.55. The van der Waals surface area contributed by atoms with Crippen LogP contribution in [0.4, 0.5) is 5.69 Å². The smallest absolute Gasteiger partial charge is 0.336 e. The zero-order chi connectivity index (χ0) is 32.8. The van der Waals surface area contributed by atoms with Gasteiger partial charge in [0.15, 0.2) is 0 Å². The maximum Gasteiger partial charge on any atom is 0.336 e. The molecule has 1 amide bonds. The Hall–Kier alpha value is -4.76. The molecule has 240 valence electrons. The topological polar surface area (TPSA) is 105 Å². The van der Waals surface area contributed by atoms with Gasteiger partial charge in [-0.1, -0.05) is 66.7 Å². The number of allylic oxidation sites excluding steroid dienone is 3. The van der Waals surface area contributed by atoms with Crippen LogP contribution < -0.4 is 5.32 Å². The number of hydrogen-bond acceptors (Lipinski definition) is 7. The van der Waals surface area contributed by atoms with Gasteiger partial charge in [-0.15, -0.1) is 0 Å². The lowest BCUT2D eigenvalue weighted by atomic mass is 9.68. The van der Waals surface area contributed by atoms with Crippen molar-refractivity contribution in [2.24, 2.45) is 0 Å². The largest absolute Gasteiger partial charge is 0.466 e. The first-order valence-corrected chi connectivity index (χ1v) is 15.8. The summed E-state index contributed by atoms with van der Waals surface area (Å²) < 4.78 is 5.16. The number of hydrogen-bond donors (Lipinski definition) is 1. The molecule has 0 radical (unpaired) electrons. The molecule has 0 aromatic heterocycles. The van der Waals surface area contributed by atoms with E-state index in [0.29, 0.717) is 34.6 Å². The molecule has 1 fully saturated rings. The van der Waals surface area contributed by atoms with E-state index in [4.69, 9.17) is 4.74 Å². The average Bonchev–Trinajstić information content (AvgIpc) is 3.07. The van der Waals surface area contributed by atoms with Gasteiger partial charge < -0.3 is 19.9 Å². The Morgan fingerprint density at radius 1 is 1.00 bits per heavy atom. The van der Waals surface area contributed by atoms with Gasteiger partial charge in [-0.05, 0) is 82.4 Å². The quantitative estimate of drug-likeness (QED) is 0.118. The van der Waals surface area contributed by atoms with E-state index < -0.39 is 16.8 Å². The summed E-state index contributed by atoms with van der Waals surface area (Å²) in [6.07, 6.45) is 3.55. The van der Waals surface area contributed by atoms with Crippen LogP contribution in [0.2, 0.25) is 0 Å². The fourth-order valence-corrected chi connectivity index (χ4v) is 7.24. The Balaban J connectivity index is 1.34. The molecule has 3 aromatic rings. The van der Waals surface area contributed by atoms with E-state index in [-0.39, 0.29) is 11.1 Å². The number of nitro groups is 1. The second-order valence-electron chi connectivity index (χ2n) is 12.2. The molecule has 3 aromatic carbocycles. The molecule has 0 saturated carbocycles. The van der Waals surface area contributed by atoms with Crippen molar-refractivity contribution in [1.82, 2.24) is 15.1 Å². The number of carbonyl (C=O) groups excluding carboxylic acids is 2. The third kappa shape index (κ3) is 6.46. The SMILES string of the molecule is COC(=O)C1=C(C)NC(C)=C(N(C=O)CCCN2CCC(c3ccccc3)(c3ccccc3)CC2)C1c1ccc([N+](=O)[O-])c(C)c1. The number of methoxy groups -OCH3 is 1. The number of ether oxygens (including phenoxy) is 1. The Labute approximate surface area is 270 Å². The summed E-state index contributed by atoms with van der Waals surface area (Å²) in [6, 6.07) is 26.4. The average molecular weight is 623 g/mol.